The van der Waals surface area contributed by atoms with E-state index in [4.69, 9.17) is 17.3 Å². The van der Waals surface area contributed by atoms with Crippen molar-refractivity contribution in [3.63, 3.8) is 0 Å². The van der Waals surface area contributed by atoms with Crippen molar-refractivity contribution in [3.05, 3.63) is 0 Å². The van der Waals surface area contributed by atoms with Crippen molar-refractivity contribution in [3.8, 4) is 0 Å². The topological polar surface area (TPSA) is 100 Å². The van der Waals surface area contributed by atoms with Crippen molar-refractivity contribution >= 4 is 19.7 Å². The largest absolute Gasteiger partial charge is 0.388 e. The highest BCUT2D eigenvalue weighted by Crippen LogP contribution is 2.21. The Kier molecular flexibility index (Phi) is 7.81. The van der Waals surface area contributed by atoms with Gasteiger partial charge in [-0.1, -0.05) is 0 Å². The van der Waals surface area contributed by atoms with Gasteiger partial charge in [0.15, 0.2) is 0 Å². The minimum Gasteiger partial charge on any atom is -0.388 e. The van der Waals surface area contributed by atoms with Crippen LogP contribution in [0.25, 0.3) is 0 Å². The Morgan fingerprint density at radius 1 is 1.27 bits per heavy atom. The lowest BCUT2D eigenvalue weighted by Gasteiger charge is -2.23. The highest BCUT2D eigenvalue weighted by Gasteiger charge is 2.39. The van der Waals surface area contributed by atoms with E-state index in [1.54, 1.807) is 11.8 Å². The van der Waals surface area contributed by atoms with Crippen LogP contribution in [0.4, 0.5) is 0 Å². The summed E-state index contributed by atoms with van der Waals surface area (Å²) < 4.78 is 10.8. The van der Waals surface area contributed by atoms with Gasteiger partial charge in [0.1, 0.15) is 20.1 Å². The molecule has 1 saturated heterocycles. The van der Waals surface area contributed by atoms with E-state index in [1.807, 2.05) is 0 Å². The smallest absolute Gasteiger partial charge is 0.233 e. The van der Waals surface area contributed by atoms with Gasteiger partial charge in [0.25, 0.3) is 0 Å². The van der Waals surface area contributed by atoms with Crippen LogP contribution in [0, 0.1) is 0 Å². The van der Waals surface area contributed by atoms with E-state index in [0.29, 0.717) is 6.54 Å². The Bertz CT molecular complexity index is 367. The molecule has 1 aliphatic rings. The third-order valence-electron chi connectivity index (χ3n) is 3.52. The summed E-state index contributed by atoms with van der Waals surface area (Å²) in [6.07, 6.45) is -1.79. The van der Waals surface area contributed by atoms with Crippen LogP contribution < -0.4 is 10.6 Å². The number of likely N-dealkylation sites (N-methyl/N-ethyl adjacent to an activating group) is 2. The Hall–Kier alpha value is -1.16. The first-order chi connectivity index (χ1) is 10.4. The molecule has 1 rings (SSSR count). The number of hydrogen-bond acceptors (Lipinski definition) is 6. The maximum Gasteiger partial charge on any atom is 0.233 e. The zero-order valence-electron chi connectivity index (χ0n) is 13.2. The van der Waals surface area contributed by atoms with Gasteiger partial charge in [0, 0.05) is 26.6 Å². The molecule has 0 aromatic carbocycles. The first-order valence-electron chi connectivity index (χ1n) is 7.23. The fraction of sp³-hybridized carbons (Fsp3) is 0.846. The SMILES string of the molecule is [B][C@@H]1O[C@H](C)C(O)C1OCCN(CC(=O)NC)CC(=O)NC. The van der Waals surface area contributed by atoms with E-state index in [9.17, 15) is 14.7 Å². The van der Waals surface area contributed by atoms with Crippen LogP contribution in [-0.2, 0) is 19.1 Å². The number of hydrogen-bond donors (Lipinski definition) is 3. The summed E-state index contributed by atoms with van der Waals surface area (Å²) in [5, 5.41) is 14.9. The van der Waals surface area contributed by atoms with Gasteiger partial charge in [0.05, 0.1) is 25.8 Å². The molecule has 0 spiro atoms. The number of carbonyl (C=O) groups excluding carboxylic acids is 2. The van der Waals surface area contributed by atoms with E-state index in [-0.39, 0.29) is 37.6 Å². The second kappa shape index (κ2) is 9.09. The Morgan fingerprint density at radius 3 is 2.23 bits per heavy atom. The van der Waals surface area contributed by atoms with Crippen molar-refractivity contribution in [2.75, 3.05) is 40.3 Å². The van der Waals surface area contributed by atoms with Crippen LogP contribution in [0.1, 0.15) is 6.92 Å². The predicted molar refractivity (Wildman–Crippen MR) is 80.4 cm³/mol. The van der Waals surface area contributed by atoms with Gasteiger partial charge >= 0.3 is 0 Å². The number of carbonyl (C=O) groups is 2. The number of aliphatic hydroxyl groups excluding tert-OH is 1. The van der Waals surface area contributed by atoms with E-state index in [2.05, 4.69) is 10.6 Å². The molecule has 0 bridgehead atoms. The third kappa shape index (κ3) is 5.56. The van der Waals surface area contributed by atoms with Gasteiger partial charge in [-0.05, 0) is 6.92 Å². The minimum atomic E-state index is -0.790. The molecule has 1 fully saturated rings. The van der Waals surface area contributed by atoms with E-state index < -0.39 is 18.2 Å². The predicted octanol–water partition coefficient (Wildman–Crippen LogP) is -2.56. The normalized spacial score (nSPS) is 27.9. The molecule has 0 aliphatic carbocycles. The lowest BCUT2D eigenvalue weighted by molar-refractivity contribution is -0.125. The molecule has 2 amide bonds. The minimum absolute atomic E-state index is 0.0828. The zero-order valence-corrected chi connectivity index (χ0v) is 13.2. The molecule has 3 N–H and O–H groups in total. The van der Waals surface area contributed by atoms with Gasteiger partial charge in [-0.25, -0.2) is 0 Å². The summed E-state index contributed by atoms with van der Waals surface area (Å²) in [4.78, 5) is 24.6. The molecule has 1 heterocycles. The lowest BCUT2D eigenvalue weighted by atomic mass is 9.93. The number of rotatable bonds is 8. The Morgan fingerprint density at radius 2 is 1.82 bits per heavy atom. The summed E-state index contributed by atoms with van der Waals surface area (Å²) >= 11 is 0. The molecular formula is C13H24BN3O5. The van der Waals surface area contributed by atoms with Crippen LogP contribution >= 0.6 is 0 Å². The van der Waals surface area contributed by atoms with Crippen LogP contribution in [-0.4, -0.2) is 94.3 Å². The van der Waals surface area contributed by atoms with Crippen LogP contribution in [0.3, 0.4) is 0 Å². The summed E-state index contributed by atoms with van der Waals surface area (Å²) in [7, 11) is 8.79. The molecule has 8 nitrogen and oxygen atoms in total. The molecule has 4 atom stereocenters. The molecule has 124 valence electrons. The molecule has 2 radical (unpaired) electrons. The number of nitrogens with zero attached hydrogens (tertiary/aromatic N) is 1. The highest BCUT2D eigenvalue weighted by atomic mass is 16.6. The molecule has 0 aromatic heterocycles. The molecule has 22 heavy (non-hydrogen) atoms. The second-order valence-corrected chi connectivity index (χ2v) is 5.19. The summed E-state index contributed by atoms with van der Waals surface area (Å²) in [5.41, 5.74) is 0. The maximum atomic E-state index is 11.5. The third-order valence-corrected chi connectivity index (χ3v) is 3.52. The summed E-state index contributed by atoms with van der Waals surface area (Å²) in [6, 6.07) is -0.684. The number of amides is 2. The number of nitrogens with one attached hydrogen (secondary N) is 2. The number of aliphatic hydroxyl groups is 1. The molecular weight excluding hydrogens is 289 g/mol. The van der Waals surface area contributed by atoms with E-state index in [0.717, 1.165) is 0 Å². The monoisotopic (exact) mass is 313 g/mol. The van der Waals surface area contributed by atoms with Crippen molar-refractivity contribution < 1.29 is 24.2 Å². The van der Waals surface area contributed by atoms with Crippen LogP contribution in [0.15, 0.2) is 0 Å². The average Bonchev–Trinajstić information content (AvgIpc) is 2.72. The number of ether oxygens (including phenoxy) is 2. The Labute approximate surface area is 131 Å². The quantitative estimate of drug-likeness (QED) is 0.426. The molecule has 9 heteroatoms. The Balaban J connectivity index is 2.45. The molecule has 1 aliphatic heterocycles. The first-order valence-corrected chi connectivity index (χ1v) is 7.23. The van der Waals surface area contributed by atoms with Gasteiger partial charge in [0.2, 0.25) is 11.8 Å². The average molecular weight is 313 g/mol. The molecule has 2 unspecified atom stereocenters. The van der Waals surface area contributed by atoms with Crippen molar-refractivity contribution in [2.24, 2.45) is 0 Å². The molecule has 0 aromatic rings. The van der Waals surface area contributed by atoms with Crippen LogP contribution in [0.5, 0.6) is 0 Å². The summed E-state index contributed by atoms with van der Waals surface area (Å²) in [5.74, 6) is -0.392. The van der Waals surface area contributed by atoms with E-state index >= 15 is 0 Å². The van der Waals surface area contributed by atoms with Crippen LogP contribution in [0.2, 0.25) is 0 Å². The fourth-order valence-electron chi connectivity index (χ4n) is 2.16. The van der Waals surface area contributed by atoms with Gasteiger partial charge < -0.3 is 25.2 Å². The van der Waals surface area contributed by atoms with E-state index in [1.165, 1.54) is 14.1 Å². The van der Waals surface area contributed by atoms with Gasteiger partial charge in [-0.15, -0.1) is 0 Å². The second-order valence-electron chi connectivity index (χ2n) is 5.19. The van der Waals surface area contributed by atoms with Crippen molar-refractivity contribution in [1.82, 2.24) is 15.5 Å². The lowest BCUT2D eigenvalue weighted by Crippen LogP contribution is -2.44. The van der Waals surface area contributed by atoms with Crippen molar-refractivity contribution in [2.45, 2.75) is 31.2 Å². The summed E-state index contributed by atoms with van der Waals surface area (Å²) in [6.45, 7) is 2.46. The molecule has 0 saturated carbocycles. The standard InChI is InChI=1S/C13H24BN3O5/c1-8-11(20)12(13(14)22-8)21-5-4-17(6-9(18)15-2)7-10(19)16-3/h8,11-13,20H,4-7H2,1-3H3,(H,15,18)(H,16,19)/t8-,11?,12?,13-/m1/s1. The van der Waals surface area contributed by atoms with Crippen molar-refractivity contribution in [1.29, 1.82) is 0 Å². The first kappa shape index (κ1) is 18.9. The zero-order chi connectivity index (χ0) is 16.7. The van der Waals surface area contributed by atoms with Gasteiger partial charge in [-0.3, -0.25) is 14.5 Å². The maximum absolute atomic E-state index is 11.5. The van der Waals surface area contributed by atoms with Gasteiger partial charge in [-0.2, -0.15) is 0 Å². The highest BCUT2D eigenvalue weighted by molar-refractivity contribution is 6.11. The fourth-order valence-corrected chi connectivity index (χ4v) is 2.16.